The number of nitrogens with two attached hydrogens (primary N) is 2. The molecule has 0 spiro atoms. The molecule has 2 rings (SSSR count). The van der Waals surface area contributed by atoms with E-state index in [-0.39, 0.29) is 0 Å². The molecule has 0 aliphatic carbocycles. The van der Waals surface area contributed by atoms with Gasteiger partial charge in [0.1, 0.15) is 0 Å². The Bertz CT molecular complexity index is 495. The molecule has 0 heterocycles. The van der Waals surface area contributed by atoms with Crippen LogP contribution in [0.5, 0.6) is 0 Å². The van der Waals surface area contributed by atoms with Crippen LogP contribution in [0.1, 0.15) is 16.7 Å². The molecule has 0 amide bonds. The normalized spacial score (nSPS) is 10.9. The summed E-state index contributed by atoms with van der Waals surface area (Å²) in [6, 6.07) is 16.0. The fourth-order valence-electron chi connectivity index (χ4n) is 1.56. The Morgan fingerprint density at radius 3 is 1.71 bits per heavy atom. The van der Waals surface area contributed by atoms with Gasteiger partial charge in [-0.25, -0.2) is 0 Å². The zero-order valence-corrected chi connectivity index (χ0v) is 9.64. The van der Waals surface area contributed by atoms with Crippen LogP contribution >= 0.6 is 0 Å². The largest absolute Gasteiger partial charge is 0.399 e. The first-order chi connectivity index (χ1) is 8.28. The highest BCUT2D eigenvalue weighted by molar-refractivity contribution is 5.70. The summed E-state index contributed by atoms with van der Waals surface area (Å²) < 4.78 is 0. The molecule has 0 saturated carbocycles. The molecular weight excluding hydrogens is 208 g/mol. The third kappa shape index (κ3) is 3.20. The van der Waals surface area contributed by atoms with Gasteiger partial charge in [0.05, 0.1) is 0 Å². The van der Waals surface area contributed by atoms with E-state index < -0.39 is 0 Å². The van der Waals surface area contributed by atoms with Crippen LogP contribution in [0.4, 0.5) is 5.69 Å². The number of hydrogen-bond donors (Lipinski definition) is 2. The van der Waals surface area contributed by atoms with E-state index in [2.05, 4.69) is 24.3 Å². The molecule has 0 aliphatic heterocycles. The molecule has 0 saturated heterocycles. The van der Waals surface area contributed by atoms with Crippen molar-refractivity contribution in [2.24, 2.45) is 5.73 Å². The monoisotopic (exact) mass is 224 g/mol. The van der Waals surface area contributed by atoms with Gasteiger partial charge in [-0.05, 0) is 28.8 Å². The van der Waals surface area contributed by atoms with Crippen LogP contribution < -0.4 is 11.5 Å². The average Bonchev–Trinajstić information content (AvgIpc) is 2.39. The maximum Gasteiger partial charge on any atom is 0.0314 e. The summed E-state index contributed by atoms with van der Waals surface area (Å²) in [5.74, 6) is 0. The summed E-state index contributed by atoms with van der Waals surface area (Å²) in [5.41, 5.74) is 15.4. The Morgan fingerprint density at radius 2 is 1.24 bits per heavy atom. The molecule has 0 atom stereocenters. The fourth-order valence-corrected chi connectivity index (χ4v) is 1.56. The van der Waals surface area contributed by atoms with Crippen molar-refractivity contribution in [3.8, 4) is 0 Å². The Hall–Kier alpha value is -2.06. The fraction of sp³-hybridized carbons (Fsp3) is 0.0667. The second-order valence-electron chi connectivity index (χ2n) is 3.95. The Morgan fingerprint density at radius 1 is 0.765 bits per heavy atom. The number of rotatable bonds is 3. The summed E-state index contributed by atoms with van der Waals surface area (Å²) in [4.78, 5) is 0. The maximum absolute atomic E-state index is 5.63. The van der Waals surface area contributed by atoms with E-state index in [0.717, 1.165) is 16.8 Å². The third-order valence-electron chi connectivity index (χ3n) is 2.62. The van der Waals surface area contributed by atoms with E-state index in [9.17, 15) is 0 Å². The molecule has 2 aromatic carbocycles. The smallest absolute Gasteiger partial charge is 0.0314 e. The Labute approximate surface area is 102 Å². The summed E-state index contributed by atoms with van der Waals surface area (Å²) in [6.07, 6.45) is 4.14. The van der Waals surface area contributed by atoms with Gasteiger partial charge in [0.25, 0.3) is 0 Å². The first-order valence-corrected chi connectivity index (χ1v) is 5.60. The molecule has 0 aromatic heterocycles. The van der Waals surface area contributed by atoms with E-state index in [4.69, 9.17) is 11.5 Å². The minimum Gasteiger partial charge on any atom is -0.399 e. The van der Waals surface area contributed by atoms with Gasteiger partial charge < -0.3 is 11.5 Å². The van der Waals surface area contributed by atoms with E-state index in [1.54, 1.807) is 0 Å². The van der Waals surface area contributed by atoms with Crippen LogP contribution in [0.25, 0.3) is 12.2 Å². The molecular formula is C15H16N2. The number of hydrogen-bond acceptors (Lipinski definition) is 2. The van der Waals surface area contributed by atoms with Gasteiger partial charge in [0.2, 0.25) is 0 Å². The first kappa shape index (κ1) is 11.4. The van der Waals surface area contributed by atoms with Gasteiger partial charge in [-0.1, -0.05) is 48.6 Å². The van der Waals surface area contributed by atoms with Crippen LogP contribution in [-0.4, -0.2) is 0 Å². The van der Waals surface area contributed by atoms with Crippen molar-refractivity contribution in [2.75, 3.05) is 5.73 Å². The highest BCUT2D eigenvalue weighted by Gasteiger charge is 1.90. The zero-order chi connectivity index (χ0) is 12.1. The van der Waals surface area contributed by atoms with E-state index in [0.29, 0.717) is 6.54 Å². The molecule has 2 nitrogen and oxygen atoms in total. The average molecular weight is 224 g/mol. The predicted molar refractivity (Wildman–Crippen MR) is 74.1 cm³/mol. The van der Waals surface area contributed by atoms with Crippen LogP contribution in [0, 0.1) is 0 Å². The van der Waals surface area contributed by atoms with Crippen molar-refractivity contribution in [3.63, 3.8) is 0 Å². The van der Waals surface area contributed by atoms with Crippen molar-refractivity contribution in [1.29, 1.82) is 0 Å². The van der Waals surface area contributed by atoms with Crippen molar-refractivity contribution in [3.05, 3.63) is 65.2 Å². The van der Waals surface area contributed by atoms with Crippen LogP contribution in [-0.2, 0) is 6.54 Å². The van der Waals surface area contributed by atoms with Gasteiger partial charge >= 0.3 is 0 Å². The zero-order valence-electron chi connectivity index (χ0n) is 9.64. The quantitative estimate of drug-likeness (QED) is 0.622. The van der Waals surface area contributed by atoms with Gasteiger partial charge in [-0.15, -0.1) is 0 Å². The van der Waals surface area contributed by atoms with Crippen LogP contribution in [0.15, 0.2) is 48.5 Å². The predicted octanol–water partition coefficient (Wildman–Crippen LogP) is 2.90. The molecule has 17 heavy (non-hydrogen) atoms. The molecule has 0 bridgehead atoms. The molecule has 86 valence electrons. The lowest BCUT2D eigenvalue weighted by Gasteiger charge is -1.98. The molecule has 0 aliphatic rings. The lowest BCUT2D eigenvalue weighted by atomic mass is 10.1. The van der Waals surface area contributed by atoms with Gasteiger partial charge in [-0.3, -0.25) is 0 Å². The molecule has 0 unspecified atom stereocenters. The first-order valence-electron chi connectivity index (χ1n) is 5.60. The lowest BCUT2D eigenvalue weighted by Crippen LogP contribution is -1.94. The molecule has 0 radical (unpaired) electrons. The summed E-state index contributed by atoms with van der Waals surface area (Å²) in [7, 11) is 0. The van der Waals surface area contributed by atoms with Crippen molar-refractivity contribution >= 4 is 17.8 Å². The Balaban J connectivity index is 2.11. The van der Waals surface area contributed by atoms with E-state index >= 15 is 0 Å². The lowest BCUT2D eigenvalue weighted by molar-refractivity contribution is 1.07. The maximum atomic E-state index is 5.63. The highest BCUT2D eigenvalue weighted by Crippen LogP contribution is 2.11. The second kappa shape index (κ2) is 5.32. The summed E-state index contributed by atoms with van der Waals surface area (Å²) in [6.45, 7) is 0.585. The number of nitrogen functional groups attached to an aromatic ring is 1. The minimum atomic E-state index is 0.585. The van der Waals surface area contributed by atoms with Crippen LogP contribution in [0.3, 0.4) is 0 Å². The molecule has 4 N–H and O–H groups in total. The summed E-state index contributed by atoms with van der Waals surface area (Å²) >= 11 is 0. The van der Waals surface area contributed by atoms with Crippen LogP contribution in [0.2, 0.25) is 0 Å². The van der Waals surface area contributed by atoms with Gasteiger partial charge in [0, 0.05) is 12.2 Å². The summed E-state index contributed by atoms with van der Waals surface area (Å²) in [5, 5.41) is 0. The van der Waals surface area contributed by atoms with Crippen molar-refractivity contribution < 1.29 is 0 Å². The van der Waals surface area contributed by atoms with Crippen molar-refractivity contribution in [1.82, 2.24) is 0 Å². The van der Waals surface area contributed by atoms with Gasteiger partial charge in [0.15, 0.2) is 0 Å². The van der Waals surface area contributed by atoms with Gasteiger partial charge in [-0.2, -0.15) is 0 Å². The third-order valence-corrected chi connectivity index (χ3v) is 2.62. The SMILES string of the molecule is NCc1ccc(C=Cc2ccc(N)cc2)cc1. The number of anilines is 1. The number of benzene rings is 2. The van der Waals surface area contributed by atoms with E-state index in [1.807, 2.05) is 36.4 Å². The molecule has 2 heteroatoms. The molecule has 2 aromatic rings. The standard InChI is InChI=1S/C15H16N2/c16-11-14-5-3-12(4-6-14)1-2-13-7-9-15(17)10-8-13/h1-10H,11,16-17H2. The highest BCUT2D eigenvalue weighted by atomic mass is 14.5. The second-order valence-corrected chi connectivity index (χ2v) is 3.95. The molecule has 0 fully saturated rings. The Kier molecular flexibility index (Phi) is 3.58. The van der Waals surface area contributed by atoms with Crippen molar-refractivity contribution in [2.45, 2.75) is 6.54 Å². The minimum absolute atomic E-state index is 0.585. The van der Waals surface area contributed by atoms with E-state index in [1.165, 1.54) is 5.56 Å². The topological polar surface area (TPSA) is 52.0 Å².